The minimum Gasteiger partial charge on any atom is -0.493 e. The molecule has 2 aromatic rings. The van der Waals surface area contributed by atoms with Crippen molar-refractivity contribution in [2.45, 2.75) is 32.6 Å². The maximum Gasteiger partial charge on any atom is 0.293 e. The molecule has 1 heterocycles. The van der Waals surface area contributed by atoms with Crippen molar-refractivity contribution < 1.29 is 4.74 Å². The summed E-state index contributed by atoms with van der Waals surface area (Å²) in [7, 11) is 0. The summed E-state index contributed by atoms with van der Waals surface area (Å²) in [6.45, 7) is 2.85. The molecule has 0 aliphatic rings. The lowest BCUT2D eigenvalue weighted by atomic mass is 10.2. The third-order valence-electron chi connectivity index (χ3n) is 3.22. The van der Waals surface area contributed by atoms with Crippen LogP contribution >= 0.6 is 12.2 Å². The van der Waals surface area contributed by atoms with Crippen LogP contribution in [0.15, 0.2) is 40.4 Å². The highest BCUT2D eigenvalue weighted by molar-refractivity contribution is 7.71. The van der Waals surface area contributed by atoms with Crippen LogP contribution in [0.1, 0.15) is 38.2 Å². The molecule has 0 fully saturated rings. The highest BCUT2D eigenvalue weighted by Gasteiger charge is 2.01. The topological polar surface area (TPSA) is 72.3 Å². The molecule has 0 spiro atoms. The van der Waals surface area contributed by atoms with Gasteiger partial charge in [0.15, 0.2) is 0 Å². The fourth-order valence-electron chi connectivity index (χ4n) is 2.00. The van der Waals surface area contributed by atoms with Gasteiger partial charge in [-0.1, -0.05) is 38.3 Å². The molecule has 0 saturated heterocycles. The quantitative estimate of drug-likeness (QED) is 0.458. The van der Waals surface area contributed by atoms with Crippen molar-refractivity contribution in [2.75, 3.05) is 6.61 Å². The molecule has 0 saturated carbocycles. The summed E-state index contributed by atoms with van der Waals surface area (Å²) in [6.07, 6.45) is 7.29. The highest BCUT2D eigenvalue weighted by atomic mass is 32.1. The Hall–Kier alpha value is -2.28. The number of nitrogens with one attached hydrogen (secondary N) is 1. The number of para-hydroxylation sites is 1. The Bertz CT molecular complexity index is 739. The molecule has 23 heavy (non-hydrogen) atoms. The zero-order valence-electron chi connectivity index (χ0n) is 13.1. The van der Waals surface area contributed by atoms with Crippen molar-refractivity contribution in [3.8, 4) is 5.75 Å². The van der Waals surface area contributed by atoms with Crippen LogP contribution in [0.5, 0.6) is 5.75 Å². The molecule has 6 nitrogen and oxygen atoms in total. The first-order chi connectivity index (χ1) is 11.2. The minimum atomic E-state index is -0.386. The molecule has 1 aromatic carbocycles. The summed E-state index contributed by atoms with van der Waals surface area (Å²) in [5, 5.41) is 10.3. The minimum absolute atomic E-state index is 0.145. The van der Waals surface area contributed by atoms with E-state index in [9.17, 15) is 4.79 Å². The van der Waals surface area contributed by atoms with Crippen LogP contribution in [0.2, 0.25) is 0 Å². The smallest absolute Gasteiger partial charge is 0.293 e. The predicted octanol–water partition coefficient (Wildman–Crippen LogP) is 3.14. The Morgan fingerprint density at radius 2 is 2.17 bits per heavy atom. The van der Waals surface area contributed by atoms with E-state index >= 15 is 0 Å². The second-order valence-corrected chi connectivity index (χ2v) is 5.40. The van der Waals surface area contributed by atoms with E-state index in [1.54, 1.807) is 6.21 Å². The number of aromatic amines is 1. The fourth-order valence-corrected chi connectivity index (χ4v) is 2.19. The van der Waals surface area contributed by atoms with Crippen molar-refractivity contribution in [1.29, 1.82) is 0 Å². The number of ether oxygens (including phenoxy) is 1. The number of hydrogen-bond acceptors (Lipinski definition) is 5. The molecular weight excluding hydrogens is 312 g/mol. The lowest BCUT2D eigenvalue weighted by Gasteiger charge is -2.08. The molecule has 7 heteroatoms. The standard InChI is InChI=1S/C16H20N4O2S/c1-2-3-4-7-10-22-14-9-6-5-8-13(14)11-18-20-15(21)12-17-19-16(20)23/h5-6,8-9,11-12H,2-4,7,10H2,1H3,(H,19,23)/b18-11+. The van der Waals surface area contributed by atoms with Gasteiger partial charge in [-0.15, -0.1) is 0 Å². The molecule has 0 aliphatic carbocycles. The predicted molar refractivity (Wildman–Crippen MR) is 92.8 cm³/mol. The van der Waals surface area contributed by atoms with Gasteiger partial charge >= 0.3 is 0 Å². The van der Waals surface area contributed by atoms with E-state index in [4.69, 9.17) is 17.0 Å². The number of unbranched alkanes of at least 4 members (excludes halogenated alkanes) is 3. The second kappa shape index (κ2) is 8.99. The number of hydrogen-bond donors (Lipinski definition) is 1. The molecule has 1 N–H and O–H groups in total. The van der Waals surface area contributed by atoms with Gasteiger partial charge in [-0.2, -0.15) is 14.9 Å². The largest absolute Gasteiger partial charge is 0.493 e. The van der Waals surface area contributed by atoms with Gasteiger partial charge in [-0.3, -0.25) is 9.89 Å². The third kappa shape index (κ3) is 5.14. The van der Waals surface area contributed by atoms with Crippen LogP contribution in [0.25, 0.3) is 0 Å². The zero-order chi connectivity index (χ0) is 16.5. The van der Waals surface area contributed by atoms with Crippen molar-refractivity contribution in [1.82, 2.24) is 14.9 Å². The van der Waals surface area contributed by atoms with Crippen molar-refractivity contribution in [2.24, 2.45) is 5.10 Å². The van der Waals surface area contributed by atoms with Crippen LogP contribution in [0.3, 0.4) is 0 Å². The monoisotopic (exact) mass is 332 g/mol. The average molecular weight is 332 g/mol. The van der Waals surface area contributed by atoms with Gasteiger partial charge in [0.25, 0.3) is 5.56 Å². The molecule has 0 radical (unpaired) electrons. The van der Waals surface area contributed by atoms with E-state index in [1.807, 2.05) is 24.3 Å². The second-order valence-electron chi connectivity index (χ2n) is 5.02. The molecule has 0 bridgehead atoms. The van der Waals surface area contributed by atoms with Crippen molar-refractivity contribution in [3.63, 3.8) is 0 Å². The maximum atomic E-state index is 11.7. The molecule has 122 valence electrons. The highest BCUT2D eigenvalue weighted by Crippen LogP contribution is 2.16. The number of aromatic nitrogens is 3. The van der Waals surface area contributed by atoms with Crippen LogP contribution < -0.4 is 10.3 Å². The van der Waals surface area contributed by atoms with Crippen molar-refractivity contribution in [3.05, 3.63) is 51.2 Å². The van der Waals surface area contributed by atoms with Gasteiger partial charge in [0.1, 0.15) is 11.9 Å². The van der Waals surface area contributed by atoms with Gasteiger partial charge in [0.2, 0.25) is 4.77 Å². The Kier molecular flexibility index (Phi) is 6.68. The van der Waals surface area contributed by atoms with Gasteiger partial charge in [0.05, 0.1) is 12.8 Å². The Labute approximate surface area is 139 Å². The molecule has 0 amide bonds. The first-order valence-electron chi connectivity index (χ1n) is 7.65. The van der Waals surface area contributed by atoms with Gasteiger partial charge in [-0.05, 0) is 30.8 Å². The number of benzene rings is 1. The summed E-state index contributed by atoms with van der Waals surface area (Å²) >= 11 is 5.00. The third-order valence-corrected chi connectivity index (χ3v) is 3.49. The Balaban J connectivity index is 2.10. The average Bonchev–Trinajstić information content (AvgIpc) is 2.55. The summed E-state index contributed by atoms with van der Waals surface area (Å²) < 4.78 is 7.04. The SMILES string of the molecule is CCCCCCOc1ccccc1/C=N/n1c(=O)cn[nH]c1=S. The fraction of sp³-hybridized carbons (Fsp3) is 0.375. The summed E-state index contributed by atoms with van der Waals surface area (Å²) in [5.74, 6) is 0.741. The van der Waals surface area contributed by atoms with E-state index in [-0.39, 0.29) is 10.3 Å². The van der Waals surface area contributed by atoms with Crippen LogP contribution in [-0.4, -0.2) is 27.7 Å². The first-order valence-corrected chi connectivity index (χ1v) is 8.06. The lowest BCUT2D eigenvalue weighted by molar-refractivity contribution is 0.304. The van der Waals surface area contributed by atoms with Crippen LogP contribution in [0.4, 0.5) is 0 Å². The van der Waals surface area contributed by atoms with E-state index in [0.29, 0.717) is 6.61 Å². The normalized spacial score (nSPS) is 11.0. The first kappa shape index (κ1) is 17.1. The van der Waals surface area contributed by atoms with E-state index in [1.165, 1.54) is 12.8 Å². The maximum absolute atomic E-state index is 11.7. The Morgan fingerprint density at radius 3 is 2.96 bits per heavy atom. The molecule has 0 atom stereocenters. The molecular formula is C16H20N4O2S. The van der Waals surface area contributed by atoms with E-state index < -0.39 is 0 Å². The van der Waals surface area contributed by atoms with Crippen LogP contribution in [-0.2, 0) is 0 Å². The molecule has 0 aliphatic heterocycles. The van der Waals surface area contributed by atoms with E-state index in [0.717, 1.165) is 35.0 Å². The van der Waals surface area contributed by atoms with Gasteiger partial charge < -0.3 is 4.74 Å². The molecule has 1 aromatic heterocycles. The summed E-state index contributed by atoms with van der Waals surface area (Å²) in [4.78, 5) is 11.7. The number of H-pyrrole nitrogens is 1. The van der Waals surface area contributed by atoms with Gasteiger partial charge in [-0.25, -0.2) is 0 Å². The van der Waals surface area contributed by atoms with Crippen molar-refractivity contribution >= 4 is 18.4 Å². The number of rotatable bonds is 8. The summed E-state index contributed by atoms with van der Waals surface area (Å²) in [6, 6.07) is 7.56. The molecule has 0 unspecified atom stereocenters. The lowest BCUT2D eigenvalue weighted by Crippen LogP contribution is -2.18. The van der Waals surface area contributed by atoms with Gasteiger partial charge in [0, 0.05) is 5.56 Å². The van der Waals surface area contributed by atoms with E-state index in [2.05, 4.69) is 22.2 Å². The summed E-state index contributed by atoms with van der Waals surface area (Å²) in [5.41, 5.74) is 0.407. The molecule has 2 rings (SSSR count). The van der Waals surface area contributed by atoms with Crippen LogP contribution in [0, 0.1) is 4.77 Å². The zero-order valence-corrected chi connectivity index (χ0v) is 13.9. The Morgan fingerprint density at radius 1 is 1.35 bits per heavy atom. The number of nitrogens with zero attached hydrogens (tertiary/aromatic N) is 3.